The second-order valence-electron chi connectivity index (χ2n) is 5.39. The molecule has 0 spiro atoms. The van der Waals surface area contributed by atoms with Crippen LogP contribution in [-0.4, -0.2) is 46.1 Å². The molecule has 1 aromatic heterocycles. The Labute approximate surface area is 123 Å². The zero-order valence-electron chi connectivity index (χ0n) is 12.2. The van der Waals surface area contributed by atoms with Crippen molar-refractivity contribution in [2.45, 2.75) is 25.5 Å². The van der Waals surface area contributed by atoms with E-state index in [9.17, 15) is 0 Å². The van der Waals surface area contributed by atoms with Gasteiger partial charge in [0.15, 0.2) is 5.82 Å². The molecule has 21 heavy (non-hydrogen) atoms. The SMILES string of the molecule is COC1(Cn2nnnc2-c2cccc(C)c2N)CCOC1. The second kappa shape index (κ2) is 5.42. The van der Waals surface area contributed by atoms with E-state index < -0.39 is 0 Å². The van der Waals surface area contributed by atoms with E-state index in [1.165, 1.54) is 0 Å². The summed E-state index contributed by atoms with van der Waals surface area (Å²) >= 11 is 0. The fourth-order valence-electron chi connectivity index (χ4n) is 2.59. The molecule has 1 fully saturated rings. The van der Waals surface area contributed by atoms with Crippen LogP contribution in [0, 0.1) is 6.92 Å². The van der Waals surface area contributed by atoms with Crippen molar-refractivity contribution < 1.29 is 9.47 Å². The first-order chi connectivity index (χ1) is 10.2. The molecule has 7 heteroatoms. The maximum Gasteiger partial charge on any atom is 0.184 e. The normalized spacial score (nSPS) is 21.8. The quantitative estimate of drug-likeness (QED) is 0.846. The number of tetrazole rings is 1. The summed E-state index contributed by atoms with van der Waals surface area (Å²) in [5.74, 6) is 0.652. The standard InChI is InChI=1S/C14H19N5O2/c1-10-4-3-5-11(12(10)15)13-16-17-18-19(13)8-14(20-2)6-7-21-9-14/h3-5H,6-9,15H2,1-2H3. The highest BCUT2D eigenvalue weighted by Crippen LogP contribution is 2.29. The van der Waals surface area contributed by atoms with Gasteiger partial charge in [-0.05, 0) is 29.0 Å². The van der Waals surface area contributed by atoms with Gasteiger partial charge in [-0.2, -0.15) is 0 Å². The number of nitrogen functional groups attached to an aromatic ring is 1. The Morgan fingerprint density at radius 1 is 1.48 bits per heavy atom. The number of aromatic nitrogens is 4. The number of nitrogens with zero attached hydrogens (tertiary/aromatic N) is 4. The highest BCUT2D eigenvalue weighted by molar-refractivity contribution is 5.73. The van der Waals surface area contributed by atoms with Gasteiger partial charge in [-0.25, -0.2) is 4.68 Å². The smallest absolute Gasteiger partial charge is 0.184 e. The Hall–Kier alpha value is -1.99. The number of aryl methyl sites for hydroxylation is 1. The summed E-state index contributed by atoms with van der Waals surface area (Å²) in [6, 6.07) is 5.84. The zero-order chi connectivity index (χ0) is 14.9. The van der Waals surface area contributed by atoms with Crippen molar-refractivity contribution in [3.63, 3.8) is 0 Å². The van der Waals surface area contributed by atoms with E-state index in [0.717, 1.165) is 17.5 Å². The molecule has 0 saturated carbocycles. The monoisotopic (exact) mass is 289 g/mol. The van der Waals surface area contributed by atoms with Gasteiger partial charge >= 0.3 is 0 Å². The Morgan fingerprint density at radius 2 is 2.33 bits per heavy atom. The summed E-state index contributed by atoms with van der Waals surface area (Å²) in [5, 5.41) is 12.0. The molecule has 3 rings (SSSR count). The maximum absolute atomic E-state index is 6.15. The van der Waals surface area contributed by atoms with E-state index in [2.05, 4.69) is 15.5 Å². The summed E-state index contributed by atoms with van der Waals surface area (Å²) in [7, 11) is 1.69. The van der Waals surface area contributed by atoms with Crippen LogP contribution in [0.25, 0.3) is 11.4 Å². The number of benzene rings is 1. The molecule has 2 heterocycles. The molecule has 1 saturated heterocycles. The molecule has 112 valence electrons. The number of ether oxygens (including phenoxy) is 2. The van der Waals surface area contributed by atoms with Gasteiger partial charge in [-0.15, -0.1) is 5.10 Å². The third-order valence-electron chi connectivity index (χ3n) is 4.03. The number of hydrogen-bond acceptors (Lipinski definition) is 6. The van der Waals surface area contributed by atoms with Crippen LogP contribution in [0.15, 0.2) is 18.2 Å². The molecule has 1 aliphatic rings. The second-order valence-corrected chi connectivity index (χ2v) is 5.39. The van der Waals surface area contributed by atoms with Crippen LogP contribution in [-0.2, 0) is 16.0 Å². The molecule has 0 bridgehead atoms. The van der Waals surface area contributed by atoms with Crippen molar-refractivity contribution in [1.82, 2.24) is 20.2 Å². The maximum atomic E-state index is 6.15. The van der Waals surface area contributed by atoms with Crippen LogP contribution in [0.5, 0.6) is 0 Å². The number of rotatable bonds is 4. The molecule has 0 radical (unpaired) electrons. The number of hydrogen-bond donors (Lipinski definition) is 1. The van der Waals surface area contributed by atoms with Crippen LogP contribution in [0.3, 0.4) is 0 Å². The minimum absolute atomic E-state index is 0.372. The van der Waals surface area contributed by atoms with E-state index in [-0.39, 0.29) is 5.60 Å². The molecular weight excluding hydrogens is 270 g/mol. The molecule has 0 amide bonds. The van der Waals surface area contributed by atoms with Crippen molar-refractivity contribution in [3.05, 3.63) is 23.8 Å². The Morgan fingerprint density at radius 3 is 3.05 bits per heavy atom. The average molecular weight is 289 g/mol. The molecule has 1 atom stereocenters. The first-order valence-corrected chi connectivity index (χ1v) is 6.90. The van der Waals surface area contributed by atoms with Crippen molar-refractivity contribution >= 4 is 5.69 Å². The van der Waals surface area contributed by atoms with Gasteiger partial charge < -0.3 is 15.2 Å². The largest absolute Gasteiger partial charge is 0.398 e. The molecular formula is C14H19N5O2. The molecule has 2 N–H and O–H groups in total. The molecule has 7 nitrogen and oxygen atoms in total. The van der Waals surface area contributed by atoms with Crippen LogP contribution in [0.2, 0.25) is 0 Å². The fraction of sp³-hybridized carbons (Fsp3) is 0.500. The summed E-state index contributed by atoms with van der Waals surface area (Å²) in [6.07, 6.45) is 0.825. The van der Waals surface area contributed by atoms with Crippen molar-refractivity contribution in [2.24, 2.45) is 0 Å². The van der Waals surface area contributed by atoms with Crippen molar-refractivity contribution in [2.75, 3.05) is 26.1 Å². The predicted octanol–water partition coefficient (Wildman–Crippen LogP) is 1.04. The zero-order valence-corrected chi connectivity index (χ0v) is 12.2. The van der Waals surface area contributed by atoms with Crippen LogP contribution in [0.1, 0.15) is 12.0 Å². The van der Waals surface area contributed by atoms with E-state index in [0.29, 0.717) is 31.3 Å². The average Bonchev–Trinajstić information content (AvgIpc) is 3.13. The van der Waals surface area contributed by atoms with E-state index in [1.807, 2.05) is 25.1 Å². The lowest BCUT2D eigenvalue weighted by Crippen LogP contribution is -2.37. The van der Waals surface area contributed by atoms with E-state index >= 15 is 0 Å². The topological polar surface area (TPSA) is 88.1 Å². The molecule has 2 aromatic rings. The van der Waals surface area contributed by atoms with Crippen LogP contribution in [0.4, 0.5) is 5.69 Å². The molecule has 0 aliphatic carbocycles. The number of methoxy groups -OCH3 is 1. The highest BCUT2D eigenvalue weighted by Gasteiger charge is 2.36. The third-order valence-corrected chi connectivity index (χ3v) is 4.03. The van der Waals surface area contributed by atoms with E-state index in [1.54, 1.807) is 11.8 Å². The van der Waals surface area contributed by atoms with E-state index in [4.69, 9.17) is 15.2 Å². The Balaban J connectivity index is 1.96. The van der Waals surface area contributed by atoms with Gasteiger partial charge in [0.2, 0.25) is 0 Å². The Bertz CT molecular complexity index is 634. The number of para-hydroxylation sites is 1. The first kappa shape index (κ1) is 14.0. The summed E-state index contributed by atoms with van der Waals surface area (Å²) in [4.78, 5) is 0. The summed E-state index contributed by atoms with van der Waals surface area (Å²) in [6.45, 7) is 3.75. The van der Waals surface area contributed by atoms with Gasteiger partial charge in [0.05, 0.1) is 13.2 Å². The number of anilines is 1. The van der Waals surface area contributed by atoms with Gasteiger partial charge in [0.25, 0.3) is 0 Å². The molecule has 1 unspecified atom stereocenters. The fourth-order valence-corrected chi connectivity index (χ4v) is 2.59. The minimum atomic E-state index is -0.372. The van der Waals surface area contributed by atoms with Gasteiger partial charge in [-0.3, -0.25) is 0 Å². The minimum Gasteiger partial charge on any atom is -0.398 e. The Kier molecular flexibility index (Phi) is 3.60. The summed E-state index contributed by atoms with van der Waals surface area (Å²) in [5.41, 5.74) is 8.32. The lowest BCUT2D eigenvalue weighted by molar-refractivity contribution is -0.0317. The van der Waals surface area contributed by atoms with Crippen molar-refractivity contribution in [3.8, 4) is 11.4 Å². The number of nitrogens with two attached hydrogens (primary N) is 1. The first-order valence-electron chi connectivity index (χ1n) is 6.90. The molecule has 1 aromatic carbocycles. The van der Waals surface area contributed by atoms with Crippen molar-refractivity contribution in [1.29, 1.82) is 0 Å². The third kappa shape index (κ3) is 2.50. The highest BCUT2D eigenvalue weighted by atomic mass is 16.5. The summed E-state index contributed by atoms with van der Waals surface area (Å²) < 4.78 is 12.8. The van der Waals surface area contributed by atoms with Gasteiger partial charge in [-0.1, -0.05) is 12.1 Å². The molecule has 1 aliphatic heterocycles. The van der Waals surface area contributed by atoms with Crippen LogP contribution < -0.4 is 5.73 Å². The van der Waals surface area contributed by atoms with Crippen LogP contribution >= 0.6 is 0 Å². The lowest BCUT2D eigenvalue weighted by atomic mass is 10.0. The van der Waals surface area contributed by atoms with Gasteiger partial charge in [0.1, 0.15) is 5.60 Å². The lowest BCUT2D eigenvalue weighted by Gasteiger charge is -2.25. The van der Waals surface area contributed by atoms with Gasteiger partial charge in [0, 0.05) is 31.4 Å². The predicted molar refractivity (Wildman–Crippen MR) is 77.6 cm³/mol.